The molecule has 1 aliphatic heterocycles. The van der Waals surface area contributed by atoms with Gasteiger partial charge in [0, 0.05) is 33.4 Å². The van der Waals surface area contributed by atoms with Crippen molar-refractivity contribution in [2.45, 2.75) is 63.3 Å². The summed E-state index contributed by atoms with van der Waals surface area (Å²) in [4.78, 5) is 14.4. The number of rotatable bonds is 6. The highest BCUT2D eigenvalue weighted by Gasteiger charge is 2.39. The second kappa shape index (κ2) is 10.7. The van der Waals surface area contributed by atoms with Crippen LogP contribution in [0.15, 0.2) is 40.3 Å². The van der Waals surface area contributed by atoms with E-state index in [0.29, 0.717) is 17.9 Å². The molecule has 1 saturated heterocycles. The fourth-order valence-electron chi connectivity index (χ4n) is 5.33. The van der Waals surface area contributed by atoms with Crippen molar-refractivity contribution in [1.29, 1.82) is 5.26 Å². The van der Waals surface area contributed by atoms with E-state index in [1.807, 2.05) is 19.9 Å². The Labute approximate surface area is 231 Å². The van der Waals surface area contributed by atoms with Crippen molar-refractivity contribution in [2.75, 3.05) is 6.54 Å². The van der Waals surface area contributed by atoms with Gasteiger partial charge in [-0.2, -0.15) is 14.7 Å². The first-order chi connectivity index (χ1) is 18.2. The molecule has 1 N–H and O–H groups in total. The topological polar surface area (TPSA) is 108 Å². The average molecular weight is 570 g/mol. The van der Waals surface area contributed by atoms with Crippen molar-refractivity contribution < 1.29 is 13.2 Å². The summed E-state index contributed by atoms with van der Waals surface area (Å²) in [5.74, 6) is -0.470. The molecule has 0 radical (unpaired) electrons. The van der Waals surface area contributed by atoms with Gasteiger partial charge in [-0.15, -0.1) is 11.3 Å². The summed E-state index contributed by atoms with van der Waals surface area (Å²) in [5, 5.41) is 15.4. The zero-order valence-corrected chi connectivity index (χ0v) is 23.6. The minimum Gasteiger partial charge on any atom is -0.308 e. The fraction of sp³-hybridized carbons (Fsp3) is 0.370. The zero-order valence-electron chi connectivity index (χ0n) is 21.2. The lowest BCUT2D eigenvalue weighted by Crippen LogP contribution is -2.44. The van der Waals surface area contributed by atoms with E-state index < -0.39 is 22.0 Å². The van der Waals surface area contributed by atoms with E-state index in [9.17, 15) is 18.5 Å². The second-order valence-corrected chi connectivity index (χ2v) is 13.0. The Balaban J connectivity index is 1.34. The molecule has 38 heavy (non-hydrogen) atoms. The third-order valence-electron chi connectivity index (χ3n) is 7.24. The van der Waals surface area contributed by atoms with Crippen LogP contribution < -0.4 is 5.43 Å². The highest BCUT2D eigenvalue weighted by Crippen LogP contribution is 2.38. The molecule has 0 saturated carbocycles. The van der Waals surface area contributed by atoms with E-state index in [0.717, 1.165) is 53.2 Å². The number of aryl methyl sites for hydroxylation is 2. The minimum atomic E-state index is -3.84. The van der Waals surface area contributed by atoms with Crippen LogP contribution in [0.2, 0.25) is 5.02 Å². The first-order valence-electron chi connectivity index (χ1n) is 12.6. The van der Waals surface area contributed by atoms with Crippen LogP contribution in [0.5, 0.6) is 0 Å². The summed E-state index contributed by atoms with van der Waals surface area (Å²) in [6.07, 6.45) is 6.80. The number of hydrogen-bond acceptors (Lipinski definition) is 6. The number of fused-ring (bicyclic) bond motifs is 1. The summed E-state index contributed by atoms with van der Waals surface area (Å²) in [6, 6.07) is 9.49. The van der Waals surface area contributed by atoms with Crippen LogP contribution in [0.1, 0.15) is 58.6 Å². The average Bonchev–Trinajstić information content (AvgIpc) is 3.60. The number of nitrogens with one attached hydrogen (secondary N) is 1. The number of aromatic nitrogens is 1. The van der Waals surface area contributed by atoms with Crippen LogP contribution in [0.3, 0.4) is 0 Å². The summed E-state index contributed by atoms with van der Waals surface area (Å²) in [6.45, 7) is 4.22. The molecule has 1 aromatic carbocycles. The molecule has 0 unspecified atom stereocenters. The molecule has 5 rings (SSSR count). The second-order valence-electron chi connectivity index (χ2n) is 9.63. The van der Waals surface area contributed by atoms with Gasteiger partial charge in [-0.25, -0.2) is 13.8 Å². The third kappa shape index (κ3) is 4.80. The van der Waals surface area contributed by atoms with Crippen molar-refractivity contribution >= 4 is 45.1 Å². The van der Waals surface area contributed by atoms with E-state index in [4.69, 9.17) is 11.6 Å². The maximum absolute atomic E-state index is 13.1. The summed E-state index contributed by atoms with van der Waals surface area (Å²) >= 11 is 7.59. The van der Waals surface area contributed by atoms with Gasteiger partial charge in [-0.3, -0.25) is 4.79 Å². The Morgan fingerprint density at radius 2 is 1.95 bits per heavy atom. The summed E-state index contributed by atoms with van der Waals surface area (Å²) in [7, 11) is -3.84. The lowest BCUT2D eigenvalue weighted by atomic mass is 9.96. The third-order valence-corrected chi connectivity index (χ3v) is 10.7. The highest BCUT2D eigenvalue weighted by molar-refractivity contribution is 7.89. The van der Waals surface area contributed by atoms with Crippen LogP contribution >= 0.6 is 22.9 Å². The van der Waals surface area contributed by atoms with E-state index in [1.54, 1.807) is 17.6 Å². The monoisotopic (exact) mass is 569 g/mol. The summed E-state index contributed by atoms with van der Waals surface area (Å²) in [5.41, 5.74) is 7.19. The zero-order chi connectivity index (χ0) is 27.0. The number of carbonyl (C=O) groups is 1. The Hall–Kier alpha value is -2.97. The van der Waals surface area contributed by atoms with Crippen molar-refractivity contribution in [3.63, 3.8) is 0 Å². The number of hydrazone groups is 1. The van der Waals surface area contributed by atoms with Gasteiger partial charge in [-0.1, -0.05) is 11.6 Å². The van der Waals surface area contributed by atoms with Crippen molar-refractivity contribution in [2.24, 2.45) is 5.10 Å². The molecular weight excluding hydrogens is 542 g/mol. The molecule has 1 atom stereocenters. The minimum absolute atomic E-state index is 0.101. The molecule has 1 aliphatic carbocycles. The molecule has 3 heterocycles. The number of nitriles is 1. The molecule has 11 heteroatoms. The van der Waals surface area contributed by atoms with Gasteiger partial charge in [0.1, 0.15) is 17.1 Å². The van der Waals surface area contributed by atoms with Gasteiger partial charge in [0.25, 0.3) is 5.91 Å². The van der Waals surface area contributed by atoms with Crippen molar-refractivity contribution in [1.82, 2.24) is 14.3 Å². The normalized spacial score (nSPS) is 18.0. The molecule has 2 aliphatic rings. The molecular formula is C27H28ClN5O3S2. The van der Waals surface area contributed by atoms with Gasteiger partial charge in [-0.05, 0) is 88.3 Å². The van der Waals surface area contributed by atoms with Gasteiger partial charge in [0.15, 0.2) is 0 Å². The summed E-state index contributed by atoms with van der Waals surface area (Å²) < 4.78 is 29.6. The maximum atomic E-state index is 13.1. The molecule has 3 aromatic rings. The van der Waals surface area contributed by atoms with E-state index in [-0.39, 0.29) is 11.4 Å². The van der Waals surface area contributed by atoms with Crippen LogP contribution in [0.25, 0.3) is 5.00 Å². The number of nitrogens with zero attached hydrogens (tertiary/aromatic N) is 4. The Kier molecular flexibility index (Phi) is 7.47. The molecule has 0 bridgehead atoms. The van der Waals surface area contributed by atoms with Crippen molar-refractivity contribution in [3.05, 3.63) is 68.3 Å². The van der Waals surface area contributed by atoms with Gasteiger partial charge in [0.2, 0.25) is 10.0 Å². The lowest BCUT2D eigenvalue weighted by Gasteiger charge is -2.22. The Morgan fingerprint density at radius 3 is 2.68 bits per heavy atom. The lowest BCUT2D eigenvalue weighted by molar-refractivity contribution is -0.124. The first kappa shape index (κ1) is 26.6. The van der Waals surface area contributed by atoms with E-state index in [1.165, 1.54) is 39.0 Å². The maximum Gasteiger partial charge on any atom is 0.258 e. The van der Waals surface area contributed by atoms with Crippen LogP contribution in [0.4, 0.5) is 0 Å². The first-order valence-corrected chi connectivity index (χ1v) is 15.2. The quantitative estimate of drug-likeness (QED) is 0.338. The molecule has 1 amide bonds. The SMILES string of the molecule is Cc1cc(/C=N\NC(=O)[C@H]2CCCN2S(=O)(=O)c2ccc(Cl)cc2)c(C)n1-c1sc2c(c1C#N)CCCC2. The number of halogens is 1. The molecule has 2 aromatic heterocycles. The predicted molar refractivity (Wildman–Crippen MR) is 149 cm³/mol. The fourth-order valence-corrected chi connectivity index (χ4v) is 8.56. The van der Waals surface area contributed by atoms with Crippen LogP contribution in [-0.4, -0.2) is 42.0 Å². The van der Waals surface area contributed by atoms with Gasteiger partial charge in [0.05, 0.1) is 16.7 Å². The van der Waals surface area contributed by atoms with Crippen LogP contribution in [-0.2, 0) is 27.7 Å². The van der Waals surface area contributed by atoms with Crippen LogP contribution in [0, 0.1) is 25.2 Å². The number of amides is 1. The molecule has 8 nitrogen and oxygen atoms in total. The number of sulfonamides is 1. The number of carbonyl (C=O) groups excluding carboxylic acids is 1. The largest absolute Gasteiger partial charge is 0.308 e. The standard InChI is InChI=1S/C27H28ClN5O3S2/c1-17-14-19(18(2)33(17)27-23(15-29)22-6-3-4-8-25(22)37-27)16-30-31-26(34)24-7-5-13-32(24)38(35,36)21-11-9-20(28)10-12-21/h9-12,14,16,24H,3-8,13H2,1-2H3,(H,31,34)/b30-16-/t24-/m1/s1. The molecule has 198 valence electrons. The highest BCUT2D eigenvalue weighted by atomic mass is 35.5. The number of thiophene rings is 1. The Bertz CT molecular complexity index is 1570. The van der Waals surface area contributed by atoms with E-state index in [2.05, 4.69) is 21.2 Å². The predicted octanol–water partition coefficient (Wildman–Crippen LogP) is 4.86. The molecule has 0 spiro atoms. The van der Waals surface area contributed by atoms with Gasteiger partial charge >= 0.3 is 0 Å². The number of hydrogen-bond donors (Lipinski definition) is 1. The van der Waals surface area contributed by atoms with Gasteiger partial charge < -0.3 is 4.57 Å². The number of benzene rings is 1. The Morgan fingerprint density at radius 1 is 1.21 bits per heavy atom. The van der Waals surface area contributed by atoms with Crippen molar-refractivity contribution in [3.8, 4) is 11.1 Å². The molecule has 1 fully saturated rings. The smallest absolute Gasteiger partial charge is 0.258 e. The van der Waals surface area contributed by atoms with E-state index >= 15 is 0 Å².